The van der Waals surface area contributed by atoms with Crippen molar-refractivity contribution in [2.75, 3.05) is 5.32 Å². The Balaban J connectivity index is 2.00. The van der Waals surface area contributed by atoms with Crippen molar-refractivity contribution in [3.05, 3.63) is 65.7 Å². The average molecular weight is 250 g/mol. The van der Waals surface area contributed by atoms with Gasteiger partial charge in [-0.2, -0.15) is 5.26 Å². The molecular weight excluding hydrogens is 236 g/mol. The van der Waals surface area contributed by atoms with Gasteiger partial charge >= 0.3 is 0 Å². The first kappa shape index (κ1) is 12.8. The van der Waals surface area contributed by atoms with Gasteiger partial charge < -0.3 is 5.32 Å². The molecule has 0 unspecified atom stereocenters. The van der Waals surface area contributed by atoms with Crippen molar-refractivity contribution in [1.82, 2.24) is 0 Å². The summed E-state index contributed by atoms with van der Waals surface area (Å²) in [5.74, 6) is -0.120. The molecule has 0 aliphatic carbocycles. The van der Waals surface area contributed by atoms with Crippen LogP contribution in [-0.4, -0.2) is 5.91 Å². The highest BCUT2D eigenvalue weighted by Gasteiger charge is 2.04. The molecule has 1 amide bonds. The number of anilines is 1. The Labute approximate surface area is 112 Å². The van der Waals surface area contributed by atoms with Crippen LogP contribution in [0.25, 0.3) is 0 Å². The molecule has 2 aromatic rings. The van der Waals surface area contributed by atoms with E-state index in [1.165, 1.54) is 0 Å². The lowest BCUT2D eigenvalue weighted by Gasteiger charge is -2.06. The summed E-state index contributed by atoms with van der Waals surface area (Å²) in [4.78, 5) is 11.9. The van der Waals surface area contributed by atoms with E-state index in [4.69, 9.17) is 5.26 Å². The molecule has 0 aliphatic heterocycles. The summed E-state index contributed by atoms with van der Waals surface area (Å²) in [6.45, 7) is 0. The number of carbonyl (C=O) groups is 1. The molecule has 0 heterocycles. The minimum absolute atomic E-state index is 0.120. The summed E-state index contributed by atoms with van der Waals surface area (Å²) < 4.78 is 0. The molecule has 0 saturated heterocycles. The van der Waals surface area contributed by atoms with E-state index in [9.17, 15) is 4.79 Å². The Morgan fingerprint density at radius 2 is 1.74 bits per heavy atom. The zero-order valence-corrected chi connectivity index (χ0v) is 10.5. The third-order valence-corrected chi connectivity index (χ3v) is 2.77. The highest BCUT2D eigenvalue weighted by Crippen LogP contribution is 2.12. The van der Waals surface area contributed by atoms with Gasteiger partial charge in [0.05, 0.1) is 6.07 Å². The van der Waals surface area contributed by atoms with Gasteiger partial charge in [0.2, 0.25) is 0 Å². The molecule has 3 nitrogen and oxygen atoms in total. The van der Waals surface area contributed by atoms with Crippen LogP contribution in [0.2, 0.25) is 0 Å². The fourth-order valence-corrected chi connectivity index (χ4v) is 1.75. The number of rotatable bonds is 4. The van der Waals surface area contributed by atoms with Gasteiger partial charge in [0.1, 0.15) is 0 Å². The second-order valence-corrected chi connectivity index (χ2v) is 4.18. The average Bonchev–Trinajstić information content (AvgIpc) is 2.47. The third-order valence-electron chi connectivity index (χ3n) is 2.77. The minimum Gasteiger partial charge on any atom is -0.322 e. The maximum Gasteiger partial charge on any atom is 0.255 e. The van der Waals surface area contributed by atoms with E-state index in [2.05, 4.69) is 11.4 Å². The van der Waals surface area contributed by atoms with Crippen molar-refractivity contribution >= 4 is 11.6 Å². The second kappa shape index (κ2) is 6.36. The largest absolute Gasteiger partial charge is 0.322 e. The molecule has 0 saturated carbocycles. The molecule has 0 aliphatic rings. The van der Waals surface area contributed by atoms with E-state index in [0.717, 1.165) is 17.7 Å². The van der Waals surface area contributed by atoms with E-state index in [-0.39, 0.29) is 5.91 Å². The van der Waals surface area contributed by atoms with E-state index in [1.807, 2.05) is 42.5 Å². The van der Waals surface area contributed by atoms with Crippen molar-refractivity contribution in [2.45, 2.75) is 12.8 Å². The van der Waals surface area contributed by atoms with Crippen molar-refractivity contribution in [3.8, 4) is 6.07 Å². The zero-order valence-electron chi connectivity index (χ0n) is 10.5. The minimum atomic E-state index is -0.120. The number of aryl methyl sites for hydroxylation is 1. The molecule has 3 heteroatoms. The Morgan fingerprint density at radius 3 is 2.37 bits per heavy atom. The number of nitrogens with zero attached hydrogens (tertiary/aromatic N) is 1. The maximum absolute atomic E-state index is 11.9. The molecule has 2 rings (SSSR count). The third kappa shape index (κ3) is 3.68. The van der Waals surface area contributed by atoms with E-state index < -0.39 is 0 Å². The van der Waals surface area contributed by atoms with Crippen LogP contribution in [0.1, 0.15) is 22.3 Å². The van der Waals surface area contributed by atoms with Gasteiger partial charge in [0.25, 0.3) is 5.91 Å². The van der Waals surface area contributed by atoms with Crippen molar-refractivity contribution in [2.24, 2.45) is 0 Å². The van der Waals surface area contributed by atoms with Crippen molar-refractivity contribution in [1.29, 1.82) is 5.26 Å². The Bertz CT molecular complexity index is 582. The lowest BCUT2D eigenvalue weighted by atomic mass is 10.1. The van der Waals surface area contributed by atoms with E-state index >= 15 is 0 Å². The van der Waals surface area contributed by atoms with Crippen LogP contribution in [-0.2, 0) is 6.42 Å². The van der Waals surface area contributed by atoms with Crippen LogP contribution in [0.15, 0.2) is 54.6 Å². The Kier molecular flexibility index (Phi) is 4.30. The number of amides is 1. The standard InChI is InChI=1S/C16H14N2O/c17-12-4-5-13-8-10-15(11-9-13)18-16(19)14-6-2-1-3-7-14/h1-3,6-11H,4-5H2,(H,18,19). The lowest BCUT2D eigenvalue weighted by molar-refractivity contribution is 0.102. The van der Waals surface area contributed by atoms with Crippen LogP contribution in [0.4, 0.5) is 5.69 Å². The lowest BCUT2D eigenvalue weighted by Crippen LogP contribution is -2.11. The summed E-state index contributed by atoms with van der Waals surface area (Å²) in [6, 6.07) is 18.8. The SMILES string of the molecule is N#CCCc1ccc(NC(=O)c2ccccc2)cc1. The smallest absolute Gasteiger partial charge is 0.255 e. The topological polar surface area (TPSA) is 52.9 Å². The summed E-state index contributed by atoms with van der Waals surface area (Å²) in [5, 5.41) is 11.4. The first-order valence-corrected chi connectivity index (χ1v) is 6.12. The molecule has 19 heavy (non-hydrogen) atoms. The molecule has 0 atom stereocenters. The molecule has 2 aromatic carbocycles. The van der Waals surface area contributed by atoms with Gasteiger partial charge in [-0.25, -0.2) is 0 Å². The molecule has 0 bridgehead atoms. The Morgan fingerprint density at radius 1 is 1.05 bits per heavy atom. The van der Waals surface area contributed by atoms with Crippen LogP contribution in [0.5, 0.6) is 0 Å². The monoisotopic (exact) mass is 250 g/mol. The highest BCUT2D eigenvalue weighted by molar-refractivity contribution is 6.04. The first-order valence-electron chi connectivity index (χ1n) is 6.12. The van der Waals surface area contributed by atoms with Crippen LogP contribution in [0, 0.1) is 11.3 Å². The quantitative estimate of drug-likeness (QED) is 0.904. The first-order chi connectivity index (χ1) is 9.29. The van der Waals surface area contributed by atoms with Crippen LogP contribution in [0.3, 0.4) is 0 Å². The van der Waals surface area contributed by atoms with Gasteiger partial charge in [-0.15, -0.1) is 0 Å². The maximum atomic E-state index is 11.9. The number of hydrogen-bond acceptors (Lipinski definition) is 2. The van der Waals surface area contributed by atoms with E-state index in [1.54, 1.807) is 12.1 Å². The highest BCUT2D eigenvalue weighted by atomic mass is 16.1. The van der Waals surface area contributed by atoms with E-state index in [0.29, 0.717) is 12.0 Å². The van der Waals surface area contributed by atoms with Gasteiger partial charge in [-0.05, 0) is 36.2 Å². The summed E-state index contributed by atoms with van der Waals surface area (Å²) >= 11 is 0. The number of hydrogen-bond donors (Lipinski definition) is 1. The number of nitriles is 1. The molecule has 0 radical (unpaired) electrons. The van der Waals surface area contributed by atoms with Gasteiger partial charge in [-0.3, -0.25) is 4.79 Å². The van der Waals surface area contributed by atoms with Gasteiger partial charge in [0.15, 0.2) is 0 Å². The van der Waals surface area contributed by atoms with Gasteiger partial charge in [0, 0.05) is 17.7 Å². The fraction of sp³-hybridized carbons (Fsp3) is 0.125. The number of nitrogens with one attached hydrogen (secondary N) is 1. The molecule has 1 N–H and O–H groups in total. The van der Waals surface area contributed by atoms with Crippen LogP contribution >= 0.6 is 0 Å². The zero-order chi connectivity index (χ0) is 13.5. The second-order valence-electron chi connectivity index (χ2n) is 4.18. The van der Waals surface area contributed by atoms with Gasteiger partial charge in [-0.1, -0.05) is 30.3 Å². The summed E-state index contributed by atoms with van der Waals surface area (Å²) in [7, 11) is 0. The predicted molar refractivity (Wildman–Crippen MR) is 74.8 cm³/mol. The van der Waals surface area contributed by atoms with Crippen LogP contribution < -0.4 is 5.32 Å². The summed E-state index contributed by atoms with van der Waals surface area (Å²) in [5.41, 5.74) is 2.49. The summed E-state index contributed by atoms with van der Waals surface area (Å²) in [6.07, 6.45) is 1.25. The number of carbonyl (C=O) groups excluding carboxylic acids is 1. The molecule has 0 aromatic heterocycles. The number of benzene rings is 2. The molecule has 0 spiro atoms. The molecular formula is C16H14N2O. The fourth-order valence-electron chi connectivity index (χ4n) is 1.75. The Hall–Kier alpha value is -2.60. The van der Waals surface area contributed by atoms with Crippen molar-refractivity contribution in [3.63, 3.8) is 0 Å². The molecule has 0 fully saturated rings. The predicted octanol–water partition coefficient (Wildman–Crippen LogP) is 3.40. The van der Waals surface area contributed by atoms with Crippen molar-refractivity contribution < 1.29 is 4.79 Å². The normalized spacial score (nSPS) is 9.63. The molecule has 94 valence electrons.